The van der Waals surface area contributed by atoms with Crippen molar-refractivity contribution < 1.29 is 4.74 Å². The van der Waals surface area contributed by atoms with E-state index in [-0.39, 0.29) is 0 Å². The van der Waals surface area contributed by atoms with E-state index in [0.29, 0.717) is 12.2 Å². The van der Waals surface area contributed by atoms with E-state index in [9.17, 15) is 0 Å². The number of hydrogen-bond donors (Lipinski definition) is 0. The molecule has 0 heterocycles. The van der Waals surface area contributed by atoms with E-state index in [1.807, 2.05) is 42.5 Å². The molecule has 0 aromatic heterocycles. The highest BCUT2D eigenvalue weighted by atomic mass is 16.5. The Morgan fingerprint density at radius 2 is 1.70 bits per heavy atom. The number of nitriles is 1. The maximum atomic E-state index is 8.90. The molecule has 0 unspecified atom stereocenters. The second-order valence-electron chi connectivity index (χ2n) is 4.58. The third kappa shape index (κ3) is 2.48. The lowest BCUT2D eigenvalue weighted by Crippen LogP contribution is -1.96. The maximum absolute atomic E-state index is 8.90. The first-order chi connectivity index (χ1) is 9.86. The number of rotatable bonds is 3. The molecule has 0 bridgehead atoms. The molecule has 0 atom stereocenters. The summed E-state index contributed by atoms with van der Waals surface area (Å²) in [7, 11) is 0. The minimum absolute atomic E-state index is 0.462. The predicted molar refractivity (Wildman–Crippen MR) is 79.4 cm³/mol. The Kier molecular flexibility index (Phi) is 3.34. The monoisotopic (exact) mass is 259 g/mol. The minimum atomic E-state index is 0.462. The van der Waals surface area contributed by atoms with E-state index in [4.69, 9.17) is 10.00 Å². The van der Waals surface area contributed by atoms with Crippen LogP contribution in [0.5, 0.6) is 5.75 Å². The molecule has 0 N–H and O–H groups in total. The zero-order valence-electron chi connectivity index (χ0n) is 10.9. The maximum Gasteiger partial charge on any atom is 0.127 e. The van der Waals surface area contributed by atoms with Crippen LogP contribution in [0.1, 0.15) is 11.1 Å². The van der Waals surface area contributed by atoms with Gasteiger partial charge in [0.15, 0.2) is 0 Å². The molecule has 0 saturated carbocycles. The van der Waals surface area contributed by atoms with Gasteiger partial charge in [0.25, 0.3) is 0 Å². The second kappa shape index (κ2) is 5.46. The van der Waals surface area contributed by atoms with Gasteiger partial charge >= 0.3 is 0 Å². The zero-order chi connectivity index (χ0) is 13.8. The van der Waals surface area contributed by atoms with Gasteiger partial charge in [-0.1, -0.05) is 48.5 Å². The van der Waals surface area contributed by atoms with Crippen LogP contribution in [0, 0.1) is 11.3 Å². The Labute approximate surface area is 117 Å². The summed E-state index contributed by atoms with van der Waals surface area (Å²) in [6.45, 7) is 0.462. The minimum Gasteiger partial charge on any atom is -0.488 e. The van der Waals surface area contributed by atoms with Gasteiger partial charge in [0.1, 0.15) is 12.4 Å². The summed E-state index contributed by atoms with van der Waals surface area (Å²) >= 11 is 0. The van der Waals surface area contributed by atoms with Crippen LogP contribution in [0.3, 0.4) is 0 Å². The van der Waals surface area contributed by atoms with Crippen LogP contribution in [0.15, 0.2) is 66.7 Å². The molecule has 3 aromatic rings. The smallest absolute Gasteiger partial charge is 0.127 e. The molecule has 3 rings (SSSR count). The topological polar surface area (TPSA) is 33.0 Å². The van der Waals surface area contributed by atoms with Gasteiger partial charge in [0.2, 0.25) is 0 Å². The molecule has 0 spiro atoms. The Morgan fingerprint density at radius 3 is 2.60 bits per heavy atom. The average molecular weight is 259 g/mol. The molecule has 2 heteroatoms. The lowest BCUT2D eigenvalue weighted by atomic mass is 10.1. The van der Waals surface area contributed by atoms with Crippen molar-refractivity contribution in [1.82, 2.24) is 0 Å². The number of nitrogens with zero attached hydrogens (tertiary/aromatic N) is 1. The number of fused-ring (bicyclic) bond motifs is 1. The lowest BCUT2D eigenvalue weighted by molar-refractivity contribution is 0.310. The van der Waals surface area contributed by atoms with Crippen molar-refractivity contribution in [2.45, 2.75) is 6.61 Å². The molecule has 0 radical (unpaired) electrons. The molecule has 96 valence electrons. The largest absolute Gasteiger partial charge is 0.488 e. The van der Waals surface area contributed by atoms with Crippen LogP contribution in [0.4, 0.5) is 0 Å². The Balaban J connectivity index is 1.85. The van der Waals surface area contributed by atoms with E-state index < -0.39 is 0 Å². The van der Waals surface area contributed by atoms with Crippen molar-refractivity contribution in [1.29, 1.82) is 5.26 Å². The van der Waals surface area contributed by atoms with E-state index >= 15 is 0 Å². The third-order valence-corrected chi connectivity index (χ3v) is 3.20. The summed E-state index contributed by atoms with van der Waals surface area (Å²) in [5.41, 5.74) is 1.65. The summed E-state index contributed by atoms with van der Waals surface area (Å²) in [6, 6.07) is 23.8. The molecule has 0 saturated heterocycles. The molecular weight excluding hydrogens is 246 g/mol. The van der Waals surface area contributed by atoms with Crippen molar-refractivity contribution in [3.63, 3.8) is 0 Å². The molecule has 3 aromatic carbocycles. The highest BCUT2D eigenvalue weighted by Gasteiger charge is 2.02. The first kappa shape index (κ1) is 12.3. The summed E-state index contributed by atoms with van der Waals surface area (Å²) in [5, 5.41) is 11.2. The van der Waals surface area contributed by atoms with Gasteiger partial charge in [-0.3, -0.25) is 0 Å². The first-order valence-corrected chi connectivity index (χ1v) is 6.46. The van der Waals surface area contributed by atoms with Crippen molar-refractivity contribution in [3.8, 4) is 11.8 Å². The fraction of sp³-hybridized carbons (Fsp3) is 0.0556. The number of benzene rings is 3. The highest BCUT2D eigenvalue weighted by Crippen LogP contribution is 2.25. The van der Waals surface area contributed by atoms with E-state index in [2.05, 4.69) is 24.3 Å². The van der Waals surface area contributed by atoms with Crippen molar-refractivity contribution >= 4 is 10.8 Å². The predicted octanol–water partition coefficient (Wildman–Crippen LogP) is 4.29. The first-order valence-electron chi connectivity index (χ1n) is 6.46. The third-order valence-electron chi connectivity index (χ3n) is 3.20. The summed E-state index contributed by atoms with van der Waals surface area (Å²) in [6.07, 6.45) is 0. The Hall–Kier alpha value is -2.79. The molecule has 0 aliphatic carbocycles. The fourth-order valence-corrected chi connectivity index (χ4v) is 2.21. The zero-order valence-corrected chi connectivity index (χ0v) is 10.9. The Morgan fingerprint density at radius 1 is 0.900 bits per heavy atom. The van der Waals surface area contributed by atoms with Crippen LogP contribution in [0.2, 0.25) is 0 Å². The molecule has 20 heavy (non-hydrogen) atoms. The van der Waals surface area contributed by atoms with Gasteiger partial charge in [0, 0.05) is 5.39 Å². The van der Waals surface area contributed by atoms with E-state index in [0.717, 1.165) is 22.1 Å². The number of hydrogen-bond acceptors (Lipinski definition) is 2. The molecular formula is C18H13NO. The Bertz CT molecular complexity index is 781. The molecule has 0 amide bonds. The molecule has 0 aliphatic heterocycles. The van der Waals surface area contributed by atoms with E-state index in [1.165, 1.54) is 0 Å². The van der Waals surface area contributed by atoms with Gasteiger partial charge in [-0.25, -0.2) is 0 Å². The molecule has 0 aliphatic rings. The highest BCUT2D eigenvalue weighted by molar-refractivity contribution is 5.88. The van der Waals surface area contributed by atoms with Crippen LogP contribution in [-0.2, 0) is 6.61 Å². The normalized spacial score (nSPS) is 10.2. The lowest BCUT2D eigenvalue weighted by Gasteiger charge is -2.09. The average Bonchev–Trinajstić information content (AvgIpc) is 2.53. The summed E-state index contributed by atoms with van der Waals surface area (Å²) < 4.78 is 5.90. The van der Waals surface area contributed by atoms with Crippen molar-refractivity contribution in [3.05, 3.63) is 77.9 Å². The van der Waals surface area contributed by atoms with Crippen molar-refractivity contribution in [2.24, 2.45) is 0 Å². The van der Waals surface area contributed by atoms with Crippen molar-refractivity contribution in [2.75, 3.05) is 0 Å². The van der Waals surface area contributed by atoms with Gasteiger partial charge in [0.05, 0.1) is 11.6 Å². The van der Waals surface area contributed by atoms with Crippen LogP contribution in [-0.4, -0.2) is 0 Å². The van der Waals surface area contributed by atoms with Gasteiger partial charge in [-0.05, 0) is 29.1 Å². The van der Waals surface area contributed by atoms with Crippen LogP contribution >= 0.6 is 0 Å². The summed E-state index contributed by atoms with van der Waals surface area (Å²) in [4.78, 5) is 0. The SMILES string of the molecule is N#Cc1cccc(COc2cccc3ccccc23)c1. The molecule has 2 nitrogen and oxygen atoms in total. The van der Waals surface area contributed by atoms with Gasteiger partial charge < -0.3 is 4.74 Å². The number of ether oxygens (including phenoxy) is 1. The quantitative estimate of drug-likeness (QED) is 0.703. The fourth-order valence-electron chi connectivity index (χ4n) is 2.21. The van der Waals surface area contributed by atoms with Crippen LogP contribution < -0.4 is 4.74 Å². The van der Waals surface area contributed by atoms with Crippen LogP contribution in [0.25, 0.3) is 10.8 Å². The second-order valence-corrected chi connectivity index (χ2v) is 4.58. The van der Waals surface area contributed by atoms with Gasteiger partial charge in [-0.15, -0.1) is 0 Å². The molecule has 0 fully saturated rings. The summed E-state index contributed by atoms with van der Waals surface area (Å²) in [5.74, 6) is 0.866. The standard InChI is InChI=1S/C18H13NO/c19-12-14-5-3-6-15(11-14)13-20-18-10-4-8-16-7-1-2-9-17(16)18/h1-11H,13H2. The van der Waals surface area contributed by atoms with Gasteiger partial charge in [-0.2, -0.15) is 5.26 Å². The van der Waals surface area contributed by atoms with E-state index in [1.54, 1.807) is 6.07 Å².